The van der Waals surface area contributed by atoms with E-state index in [-0.39, 0.29) is 23.5 Å². The van der Waals surface area contributed by atoms with Crippen molar-refractivity contribution in [2.45, 2.75) is 65.5 Å². The average Bonchev–Trinajstić information content (AvgIpc) is 3.11. The van der Waals surface area contributed by atoms with Crippen molar-refractivity contribution in [3.63, 3.8) is 0 Å². The van der Waals surface area contributed by atoms with E-state index in [4.69, 9.17) is 4.42 Å². The highest BCUT2D eigenvalue weighted by molar-refractivity contribution is 5.75. The van der Waals surface area contributed by atoms with E-state index >= 15 is 0 Å². The van der Waals surface area contributed by atoms with Gasteiger partial charge in [0.05, 0.1) is 6.04 Å². The lowest BCUT2D eigenvalue weighted by Crippen LogP contribution is -2.45. The fraction of sp³-hybridized carbons (Fsp3) is 0.706. The van der Waals surface area contributed by atoms with Gasteiger partial charge in [0.2, 0.25) is 0 Å². The third-order valence-corrected chi connectivity index (χ3v) is 4.73. The van der Waals surface area contributed by atoms with Gasteiger partial charge in [-0.05, 0) is 50.5 Å². The summed E-state index contributed by atoms with van der Waals surface area (Å²) in [5, 5.41) is 6.22. The number of aryl methyl sites for hydroxylation is 1. The Balaban J connectivity index is 1.70. The van der Waals surface area contributed by atoms with E-state index in [0.717, 1.165) is 29.9 Å². The number of hydrogen-bond acceptors (Lipinski definition) is 2. The number of urea groups is 1. The van der Waals surface area contributed by atoms with Crippen molar-refractivity contribution in [2.24, 2.45) is 11.3 Å². The minimum absolute atomic E-state index is 0.0487. The molecule has 0 aliphatic heterocycles. The van der Waals surface area contributed by atoms with Crippen LogP contribution in [0.3, 0.4) is 0 Å². The van der Waals surface area contributed by atoms with Crippen molar-refractivity contribution < 1.29 is 9.21 Å². The molecule has 4 heteroatoms. The molecule has 0 bridgehead atoms. The number of carbonyl (C=O) groups is 1. The van der Waals surface area contributed by atoms with Gasteiger partial charge < -0.3 is 15.1 Å². The van der Waals surface area contributed by atoms with Crippen molar-refractivity contribution in [3.05, 3.63) is 23.2 Å². The highest BCUT2D eigenvalue weighted by Gasteiger charge is 2.36. The molecule has 1 aromatic rings. The van der Waals surface area contributed by atoms with Crippen molar-refractivity contribution >= 4 is 6.03 Å². The van der Waals surface area contributed by atoms with E-state index < -0.39 is 0 Å². The van der Waals surface area contributed by atoms with Crippen LogP contribution in [0.25, 0.3) is 0 Å². The van der Waals surface area contributed by atoms with Crippen LogP contribution < -0.4 is 10.6 Å². The number of fused-ring (bicyclic) bond motifs is 1. The zero-order valence-corrected chi connectivity index (χ0v) is 13.5. The number of carbonyl (C=O) groups excluding carboxylic acids is 1. The number of hydrogen-bond donors (Lipinski definition) is 2. The molecule has 21 heavy (non-hydrogen) atoms. The smallest absolute Gasteiger partial charge is 0.315 e. The van der Waals surface area contributed by atoms with Crippen molar-refractivity contribution in [2.75, 3.05) is 0 Å². The summed E-state index contributed by atoms with van der Waals surface area (Å²) in [6.07, 6.45) is 4.37. The van der Waals surface area contributed by atoms with Gasteiger partial charge in [-0.1, -0.05) is 13.8 Å². The summed E-state index contributed by atoms with van der Waals surface area (Å²) in [4.78, 5) is 12.2. The largest absolute Gasteiger partial charge is 0.466 e. The van der Waals surface area contributed by atoms with E-state index in [1.807, 2.05) is 6.92 Å². The quantitative estimate of drug-likeness (QED) is 0.892. The SMILES string of the molecule is Cc1cc2c(o1)CC(C)(C)C[C@H]2NC(=O)N[C@@H](C)C1CC1. The Bertz CT molecular complexity index is 543. The molecule has 0 radical (unpaired) electrons. The zero-order valence-electron chi connectivity index (χ0n) is 13.5. The second-order valence-corrected chi connectivity index (χ2v) is 7.58. The molecule has 2 amide bonds. The Hall–Kier alpha value is -1.45. The van der Waals surface area contributed by atoms with Crippen LogP contribution >= 0.6 is 0 Å². The molecular formula is C17H26N2O2. The van der Waals surface area contributed by atoms with Crippen LogP contribution in [-0.2, 0) is 6.42 Å². The van der Waals surface area contributed by atoms with Gasteiger partial charge >= 0.3 is 6.03 Å². The summed E-state index contributed by atoms with van der Waals surface area (Å²) in [5.41, 5.74) is 1.30. The predicted molar refractivity (Wildman–Crippen MR) is 82.1 cm³/mol. The normalized spacial score (nSPS) is 25.0. The Morgan fingerprint density at radius 3 is 2.81 bits per heavy atom. The van der Waals surface area contributed by atoms with Gasteiger partial charge in [-0.3, -0.25) is 0 Å². The maximum atomic E-state index is 12.2. The third-order valence-electron chi connectivity index (χ3n) is 4.73. The molecule has 0 saturated heterocycles. The van der Waals surface area contributed by atoms with Crippen LogP contribution in [0.2, 0.25) is 0 Å². The monoisotopic (exact) mass is 290 g/mol. The van der Waals surface area contributed by atoms with E-state index in [2.05, 4.69) is 37.5 Å². The molecule has 2 aliphatic rings. The molecule has 1 saturated carbocycles. The van der Waals surface area contributed by atoms with Gasteiger partial charge in [-0.15, -0.1) is 0 Å². The Labute approximate surface area is 126 Å². The molecule has 116 valence electrons. The standard InChI is InChI=1S/C17H26N2O2/c1-10-7-13-14(8-17(3,4)9-15(13)21-10)19-16(20)18-11(2)12-5-6-12/h7,11-12,14H,5-6,8-9H2,1-4H3,(H2,18,19,20)/t11-,14+/m0/s1. The van der Waals surface area contributed by atoms with E-state index in [0.29, 0.717) is 5.92 Å². The molecule has 1 fully saturated rings. The molecule has 2 aliphatic carbocycles. The van der Waals surface area contributed by atoms with Gasteiger partial charge in [-0.2, -0.15) is 0 Å². The molecule has 2 atom stereocenters. The first-order valence-corrected chi connectivity index (χ1v) is 8.00. The van der Waals surface area contributed by atoms with Gasteiger partial charge in [0, 0.05) is 18.0 Å². The lowest BCUT2D eigenvalue weighted by molar-refractivity contribution is 0.211. The highest BCUT2D eigenvalue weighted by Crippen LogP contribution is 2.42. The molecule has 3 rings (SSSR count). The molecule has 0 spiro atoms. The van der Waals surface area contributed by atoms with Gasteiger partial charge in [0.1, 0.15) is 11.5 Å². The summed E-state index contributed by atoms with van der Waals surface area (Å²) < 4.78 is 5.81. The Morgan fingerprint density at radius 2 is 2.14 bits per heavy atom. The van der Waals surface area contributed by atoms with Crippen molar-refractivity contribution in [3.8, 4) is 0 Å². The first kappa shape index (κ1) is 14.5. The van der Waals surface area contributed by atoms with E-state index in [1.165, 1.54) is 12.8 Å². The first-order valence-electron chi connectivity index (χ1n) is 8.00. The van der Waals surface area contributed by atoms with Crippen LogP contribution in [0.15, 0.2) is 10.5 Å². The van der Waals surface area contributed by atoms with E-state index in [9.17, 15) is 4.79 Å². The van der Waals surface area contributed by atoms with Crippen LogP contribution in [0, 0.1) is 18.3 Å². The summed E-state index contributed by atoms with van der Waals surface area (Å²) in [6.45, 7) is 8.52. The van der Waals surface area contributed by atoms with E-state index in [1.54, 1.807) is 0 Å². The zero-order chi connectivity index (χ0) is 15.2. The summed E-state index contributed by atoms with van der Waals surface area (Å²) in [5.74, 6) is 2.63. The Kier molecular flexibility index (Phi) is 3.50. The van der Waals surface area contributed by atoms with Crippen molar-refractivity contribution in [1.82, 2.24) is 10.6 Å². The minimum Gasteiger partial charge on any atom is -0.466 e. The number of rotatable bonds is 3. The predicted octanol–water partition coefficient (Wildman–Crippen LogP) is 3.70. The van der Waals surface area contributed by atoms with Gasteiger partial charge in [0.15, 0.2) is 0 Å². The second-order valence-electron chi connectivity index (χ2n) is 7.58. The number of amides is 2. The van der Waals surface area contributed by atoms with Crippen LogP contribution in [0.4, 0.5) is 4.79 Å². The fourth-order valence-corrected chi connectivity index (χ4v) is 3.43. The lowest BCUT2D eigenvalue weighted by Gasteiger charge is -2.34. The van der Waals surface area contributed by atoms with Crippen LogP contribution in [-0.4, -0.2) is 12.1 Å². The van der Waals surface area contributed by atoms with Gasteiger partial charge in [0.25, 0.3) is 0 Å². The first-order chi connectivity index (χ1) is 9.84. The molecule has 4 nitrogen and oxygen atoms in total. The molecule has 1 aromatic heterocycles. The molecule has 0 aromatic carbocycles. The molecule has 0 unspecified atom stereocenters. The van der Waals surface area contributed by atoms with Crippen LogP contribution in [0.5, 0.6) is 0 Å². The molecule has 2 N–H and O–H groups in total. The topological polar surface area (TPSA) is 54.3 Å². The molecule has 1 heterocycles. The maximum absolute atomic E-state index is 12.2. The highest BCUT2D eigenvalue weighted by atomic mass is 16.3. The fourth-order valence-electron chi connectivity index (χ4n) is 3.43. The maximum Gasteiger partial charge on any atom is 0.315 e. The number of furan rings is 1. The molecular weight excluding hydrogens is 264 g/mol. The summed E-state index contributed by atoms with van der Waals surface area (Å²) >= 11 is 0. The summed E-state index contributed by atoms with van der Waals surface area (Å²) in [7, 11) is 0. The Morgan fingerprint density at radius 1 is 1.43 bits per heavy atom. The third kappa shape index (κ3) is 3.25. The summed E-state index contributed by atoms with van der Waals surface area (Å²) in [6, 6.07) is 2.33. The van der Waals surface area contributed by atoms with Crippen molar-refractivity contribution in [1.29, 1.82) is 0 Å². The minimum atomic E-state index is -0.0538. The van der Waals surface area contributed by atoms with Gasteiger partial charge in [-0.25, -0.2) is 4.79 Å². The van der Waals surface area contributed by atoms with Crippen LogP contribution in [0.1, 0.15) is 63.2 Å². The lowest BCUT2D eigenvalue weighted by atomic mass is 9.75. The second kappa shape index (κ2) is 5.08. The average molecular weight is 290 g/mol. The number of nitrogens with one attached hydrogen (secondary N) is 2.